The fraction of sp³-hybridized carbons (Fsp3) is 0.111. The molecule has 0 atom stereocenters. The van der Waals surface area contributed by atoms with Gasteiger partial charge in [-0.25, -0.2) is 0 Å². The highest BCUT2D eigenvalue weighted by Gasteiger charge is 2.34. The van der Waals surface area contributed by atoms with E-state index < -0.39 is 11.7 Å². The maximum Gasteiger partial charge on any atom is 0.417 e. The van der Waals surface area contributed by atoms with Gasteiger partial charge in [-0.2, -0.15) is 13.2 Å². The third-order valence-corrected chi connectivity index (χ3v) is 1.93. The molecule has 0 fully saturated rings. The zero-order valence-electron chi connectivity index (χ0n) is 7.82. The van der Waals surface area contributed by atoms with E-state index in [0.29, 0.717) is 0 Å². The van der Waals surface area contributed by atoms with Crippen LogP contribution < -0.4 is 5.73 Å². The van der Waals surface area contributed by atoms with Gasteiger partial charge in [-0.15, -0.1) is 0 Å². The van der Waals surface area contributed by atoms with E-state index in [-0.39, 0.29) is 17.1 Å². The summed E-state index contributed by atoms with van der Waals surface area (Å²) < 4.78 is 42.4. The molecular formula is C9H6F3N3O. The maximum atomic E-state index is 12.6. The van der Waals surface area contributed by atoms with Crippen molar-refractivity contribution in [1.82, 2.24) is 10.1 Å². The molecule has 2 aromatic heterocycles. The molecule has 0 bridgehead atoms. The zero-order valence-corrected chi connectivity index (χ0v) is 7.82. The predicted molar refractivity (Wildman–Crippen MR) is 49.1 cm³/mol. The molecule has 0 spiro atoms. The topological polar surface area (TPSA) is 64.9 Å². The number of hydrogen-bond donors (Lipinski definition) is 1. The molecule has 0 aliphatic heterocycles. The van der Waals surface area contributed by atoms with Crippen molar-refractivity contribution >= 4 is 5.88 Å². The standard InChI is InChI=1S/C9H6F3N3O/c10-9(11,12)6-1-2-14-4-5(6)7-3-8(13)16-15-7/h1-4H,13H2. The number of nitrogen functional groups attached to an aromatic ring is 1. The fourth-order valence-corrected chi connectivity index (χ4v) is 1.26. The highest BCUT2D eigenvalue weighted by molar-refractivity contribution is 5.64. The van der Waals surface area contributed by atoms with Gasteiger partial charge in [0.05, 0.1) is 5.56 Å². The Morgan fingerprint density at radius 1 is 1.31 bits per heavy atom. The number of pyridine rings is 1. The maximum absolute atomic E-state index is 12.6. The van der Waals surface area contributed by atoms with Gasteiger partial charge in [-0.3, -0.25) is 4.98 Å². The molecule has 0 unspecified atom stereocenters. The molecule has 2 heterocycles. The molecule has 0 aliphatic carbocycles. The van der Waals surface area contributed by atoms with E-state index in [1.807, 2.05) is 0 Å². The van der Waals surface area contributed by atoms with Crippen LogP contribution in [0.2, 0.25) is 0 Å². The van der Waals surface area contributed by atoms with Gasteiger partial charge in [0.1, 0.15) is 5.69 Å². The van der Waals surface area contributed by atoms with Gasteiger partial charge in [0.2, 0.25) is 5.88 Å². The molecule has 2 N–H and O–H groups in total. The summed E-state index contributed by atoms with van der Waals surface area (Å²) in [5, 5.41) is 3.42. The second-order valence-electron chi connectivity index (χ2n) is 3.03. The van der Waals surface area contributed by atoms with Crippen LogP contribution in [-0.4, -0.2) is 10.1 Å². The molecule has 0 radical (unpaired) electrons. The van der Waals surface area contributed by atoms with Gasteiger partial charge >= 0.3 is 6.18 Å². The predicted octanol–water partition coefficient (Wildman–Crippen LogP) is 2.34. The van der Waals surface area contributed by atoms with Crippen LogP contribution >= 0.6 is 0 Å². The van der Waals surface area contributed by atoms with Gasteiger partial charge in [0, 0.05) is 24.0 Å². The summed E-state index contributed by atoms with van der Waals surface area (Å²) in [6.07, 6.45) is -2.33. The highest BCUT2D eigenvalue weighted by atomic mass is 19.4. The van der Waals surface area contributed by atoms with E-state index in [4.69, 9.17) is 5.73 Å². The minimum absolute atomic E-state index is 0.0120. The summed E-state index contributed by atoms with van der Waals surface area (Å²) in [6.45, 7) is 0. The number of nitrogens with zero attached hydrogens (tertiary/aromatic N) is 2. The molecule has 0 amide bonds. The summed E-state index contributed by atoms with van der Waals surface area (Å²) in [7, 11) is 0. The Bertz CT molecular complexity index is 507. The lowest BCUT2D eigenvalue weighted by Crippen LogP contribution is -2.07. The number of nitrogens with two attached hydrogens (primary N) is 1. The third-order valence-electron chi connectivity index (χ3n) is 1.93. The van der Waals surface area contributed by atoms with Crippen LogP contribution in [0.25, 0.3) is 11.3 Å². The van der Waals surface area contributed by atoms with Gasteiger partial charge in [0.15, 0.2) is 0 Å². The van der Waals surface area contributed by atoms with Gasteiger partial charge in [-0.1, -0.05) is 5.16 Å². The second-order valence-corrected chi connectivity index (χ2v) is 3.03. The number of anilines is 1. The molecule has 16 heavy (non-hydrogen) atoms. The van der Waals surface area contributed by atoms with E-state index in [9.17, 15) is 13.2 Å². The highest BCUT2D eigenvalue weighted by Crippen LogP contribution is 2.36. The minimum Gasteiger partial charge on any atom is -0.368 e. The van der Waals surface area contributed by atoms with Crippen molar-refractivity contribution in [2.75, 3.05) is 5.73 Å². The molecular weight excluding hydrogens is 223 g/mol. The number of alkyl halides is 3. The van der Waals surface area contributed by atoms with Crippen molar-refractivity contribution in [3.8, 4) is 11.3 Å². The molecule has 4 nitrogen and oxygen atoms in total. The first-order valence-electron chi connectivity index (χ1n) is 4.22. The van der Waals surface area contributed by atoms with E-state index >= 15 is 0 Å². The van der Waals surface area contributed by atoms with Crippen LogP contribution in [0, 0.1) is 0 Å². The molecule has 7 heteroatoms. The van der Waals surface area contributed by atoms with Crippen molar-refractivity contribution < 1.29 is 17.7 Å². The summed E-state index contributed by atoms with van der Waals surface area (Å²) in [5.74, 6) is -0.0491. The van der Waals surface area contributed by atoms with Gasteiger partial charge in [-0.05, 0) is 6.07 Å². The Balaban J connectivity index is 2.57. The quantitative estimate of drug-likeness (QED) is 0.815. The van der Waals surface area contributed by atoms with Crippen molar-refractivity contribution in [1.29, 1.82) is 0 Å². The summed E-state index contributed by atoms with van der Waals surface area (Å²) in [5.41, 5.74) is 4.28. The average Bonchev–Trinajstić information content (AvgIpc) is 2.64. The fourth-order valence-electron chi connectivity index (χ4n) is 1.26. The van der Waals surface area contributed by atoms with Crippen molar-refractivity contribution in [3.63, 3.8) is 0 Å². The van der Waals surface area contributed by atoms with Crippen molar-refractivity contribution in [3.05, 3.63) is 30.1 Å². The third kappa shape index (κ3) is 1.83. The molecule has 0 saturated carbocycles. The normalized spacial score (nSPS) is 11.7. The van der Waals surface area contributed by atoms with E-state index in [0.717, 1.165) is 18.5 Å². The summed E-state index contributed by atoms with van der Waals surface area (Å²) >= 11 is 0. The first kappa shape index (κ1) is 10.5. The number of aromatic nitrogens is 2. The second kappa shape index (κ2) is 3.51. The Labute approximate surface area is 87.9 Å². The Morgan fingerprint density at radius 3 is 2.62 bits per heavy atom. The number of hydrogen-bond acceptors (Lipinski definition) is 4. The van der Waals surface area contributed by atoms with E-state index in [2.05, 4.69) is 14.7 Å². The Morgan fingerprint density at radius 2 is 2.06 bits per heavy atom. The van der Waals surface area contributed by atoms with Crippen LogP contribution in [0.3, 0.4) is 0 Å². The smallest absolute Gasteiger partial charge is 0.368 e. The Kier molecular flexibility index (Phi) is 2.30. The largest absolute Gasteiger partial charge is 0.417 e. The number of halogens is 3. The first-order valence-corrected chi connectivity index (χ1v) is 4.22. The van der Waals surface area contributed by atoms with Crippen LogP contribution in [0.1, 0.15) is 5.56 Å². The molecule has 2 aromatic rings. The van der Waals surface area contributed by atoms with E-state index in [1.165, 1.54) is 6.07 Å². The molecule has 0 aromatic carbocycles. The lowest BCUT2D eigenvalue weighted by Gasteiger charge is -2.09. The van der Waals surface area contributed by atoms with Crippen LogP contribution in [0.5, 0.6) is 0 Å². The molecule has 2 rings (SSSR count). The molecule has 84 valence electrons. The van der Waals surface area contributed by atoms with Crippen molar-refractivity contribution in [2.24, 2.45) is 0 Å². The monoisotopic (exact) mass is 229 g/mol. The average molecular weight is 229 g/mol. The lowest BCUT2D eigenvalue weighted by atomic mass is 10.1. The van der Waals surface area contributed by atoms with Crippen LogP contribution in [-0.2, 0) is 6.18 Å². The number of rotatable bonds is 1. The summed E-state index contributed by atoms with van der Waals surface area (Å²) in [6, 6.07) is 2.09. The van der Waals surface area contributed by atoms with Crippen molar-refractivity contribution in [2.45, 2.75) is 6.18 Å². The van der Waals surface area contributed by atoms with Crippen LogP contribution in [0.15, 0.2) is 29.0 Å². The summed E-state index contributed by atoms with van der Waals surface area (Å²) in [4.78, 5) is 3.62. The SMILES string of the molecule is Nc1cc(-c2cnccc2C(F)(F)F)no1. The van der Waals surface area contributed by atoms with Crippen LogP contribution in [0.4, 0.5) is 19.1 Å². The van der Waals surface area contributed by atoms with Gasteiger partial charge in [0.25, 0.3) is 0 Å². The Hall–Kier alpha value is -2.05. The molecule has 0 saturated heterocycles. The molecule has 0 aliphatic rings. The van der Waals surface area contributed by atoms with E-state index in [1.54, 1.807) is 0 Å². The first-order chi connectivity index (χ1) is 7.48. The zero-order chi connectivity index (χ0) is 11.8. The van der Waals surface area contributed by atoms with Gasteiger partial charge < -0.3 is 10.3 Å². The lowest BCUT2D eigenvalue weighted by molar-refractivity contribution is -0.137. The minimum atomic E-state index is -4.47.